The van der Waals surface area contributed by atoms with Gasteiger partial charge in [0.25, 0.3) is 0 Å². The number of halogens is 1. The predicted molar refractivity (Wildman–Crippen MR) is 54.9 cm³/mol. The number of methoxy groups -OCH3 is 1. The van der Waals surface area contributed by atoms with Crippen molar-refractivity contribution < 1.29 is 4.74 Å². The SMILES string of the molecule is COC1C(C)=Cc2cc(Cl)ccc21. The molecular formula is C11H11ClO. The minimum Gasteiger partial charge on any atom is -0.372 e. The molecule has 0 saturated heterocycles. The van der Waals surface area contributed by atoms with Crippen molar-refractivity contribution in [1.29, 1.82) is 0 Å². The van der Waals surface area contributed by atoms with Gasteiger partial charge in [-0.25, -0.2) is 0 Å². The second-order valence-electron chi connectivity index (χ2n) is 3.28. The average Bonchev–Trinajstić information content (AvgIpc) is 2.39. The van der Waals surface area contributed by atoms with Gasteiger partial charge in [-0.2, -0.15) is 0 Å². The Morgan fingerprint density at radius 2 is 2.15 bits per heavy atom. The second-order valence-corrected chi connectivity index (χ2v) is 3.71. The molecule has 1 aromatic rings. The van der Waals surface area contributed by atoms with E-state index in [0.29, 0.717) is 0 Å². The fourth-order valence-corrected chi connectivity index (χ4v) is 1.97. The molecule has 13 heavy (non-hydrogen) atoms. The maximum atomic E-state index is 5.89. The zero-order chi connectivity index (χ0) is 9.42. The highest BCUT2D eigenvalue weighted by atomic mass is 35.5. The summed E-state index contributed by atoms with van der Waals surface area (Å²) in [7, 11) is 1.73. The maximum Gasteiger partial charge on any atom is 0.104 e. The zero-order valence-electron chi connectivity index (χ0n) is 7.67. The molecule has 68 valence electrons. The molecular weight excluding hydrogens is 184 g/mol. The summed E-state index contributed by atoms with van der Waals surface area (Å²) in [5.74, 6) is 0. The molecule has 0 aliphatic heterocycles. The second kappa shape index (κ2) is 3.17. The third-order valence-electron chi connectivity index (χ3n) is 2.36. The highest BCUT2D eigenvalue weighted by molar-refractivity contribution is 6.30. The van der Waals surface area contributed by atoms with Gasteiger partial charge in [-0.15, -0.1) is 0 Å². The minimum absolute atomic E-state index is 0.118. The van der Waals surface area contributed by atoms with Crippen molar-refractivity contribution in [1.82, 2.24) is 0 Å². The standard InChI is InChI=1S/C11H11ClO/c1-7-5-8-6-9(12)3-4-10(8)11(7)13-2/h3-6,11H,1-2H3. The summed E-state index contributed by atoms with van der Waals surface area (Å²) < 4.78 is 5.38. The van der Waals surface area contributed by atoms with Crippen LogP contribution in [0.2, 0.25) is 5.02 Å². The number of fused-ring (bicyclic) bond motifs is 1. The molecule has 1 aromatic carbocycles. The molecule has 1 unspecified atom stereocenters. The molecule has 1 aliphatic rings. The highest BCUT2D eigenvalue weighted by Gasteiger charge is 2.21. The Morgan fingerprint density at radius 3 is 2.85 bits per heavy atom. The van der Waals surface area contributed by atoms with Crippen LogP contribution in [0.3, 0.4) is 0 Å². The molecule has 2 rings (SSSR count). The van der Waals surface area contributed by atoms with E-state index < -0.39 is 0 Å². The molecule has 1 aliphatic carbocycles. The maximum absolute atomic E-state index is 5.89. The van der Waals surface area contributed by atoms with E-state index in [1.54, 1.807) is 7.11 Å². The van der Waals surface area contributed by atoms with Crippen molar-refractivity contribution in [2.75, 3.05) is 7.11 Å². The lowest BCUT2D eigenvalue weighted by Gasteiger charge is -2.11. The van der Waals surface area contributed by atoms with Crippen LogP contribution in [0.1, 0.15) is 24.2 Å². The van der Waals surface area contributed by atoms with Crippen molar-refractivity contribution >= 4 is 17.7 Å². The first-order valence-corrected chi connectivity index (χ1v) is 4.60. The van der Waals surface area contributed by atoms with E-state index in [2.05, 4.69) is 13.0 Å². The van der Waals surface area contributed by atoms with Gasteiger partial charge in [0, 0.05) is 12.1 Å². The third kappa shape index (κ3) is 1.38. The number of ether oxygens (including phenoxy) is 1. The lowest BCUT2D eigenvalue weighted by atomic mass is 10.1. The Kier molecular flexibility index (Phi) is 2.14. The van der Waals surface area contributed by atoms with Gasteiger partial charge in [-0.05, 0) is 35.8 Å². The topological polar surface area (TPSA) is 9.23 Å². The van der Waals surface area contributed by atoms with Crippen molar-refractivity contribution in [3.63, 3.8) is 0 Å². The van der Waals surface area contributed by atoms with Gasteiger partial charge in [0.05, 0.1) is 0 Å². The highest BCUT2D eigenvalue weighted by Crippen LogP contribution is 2.37. The molecule has 0 N–H and O–H groups in total. The van der Waals surface area contributed by atoms with Gasteiger partial charge >= 0.3 is 0 Å². The van der Waals surface area contributed by atoms with Gasteiger partial charge in [0.15, 0.2) is 0 Å². The summed E-state index contributed by atoms with van der Waals surface area (Å²) in [6.07, 6.45) is 2.24. The molecule has 1 nitrogen and oxygen atoms in total. The first kappa shape index (κ1) is 8.79. The Morgan fingerprint density at radius 1 is 1.38 bits per heavy atom. The monoisotopic (exact) mass is 194 g/mol. The van der Waals surface area contributed by atoms with Crippen molar-refractivity contribution in [2.24, 2.45) is 0 Å². The van der Waals surface area contributed by atoms with Crippen LogP contribution in [0.5, 0.6) is 0 Å². The van der Waals surface area contributed by atoms with Gasteiger partial charge in [0.2, 0.25) is 0 Å². The van der Waals surface area contributed by atoms with E-state index in [1.807, 2.05) is 18.2 Å². The summed E-state index contributed by atoms with van der Waals surface area (Å²) in [6.45, 7) is 2.07. The number of hydrogen-bond donors (Lipinski definition) is 0. The smallest absolute Gasteiger partial charge is 0.104 e. The summed E-state index contributed by atoms with van der Waals surface area (Å²) in [5.41, 5.74) is 3.63. The van der Waals surface area contributed by atoms with Crippen LogP contribution in [0.25, 0.3) is 6.08 Å². The third-order valence-corrected chi connectivity index (χ3v) is 2.60. The fourth-order valence-electron chi connectivity index (χ4n) is 1.79. The van der Waals surface area contributed by atoms with Gasteiger partial charge < -0.3 is 4.74 Å². The van der Waals surface area contributed by atoms with Crippen LogP contribution in [-0.4, -0.2) is 7.11 Å². The van der Waals surface area contributed by atoms with Crippen molar-refractivity contribution in [2.45, 2.75) is 13.0 Å². The summed E-state index contributed by atoms with van der Waals surface area (Å²) >= 11 is 5.89. The molecule has 0 saturated carbocycles. The summed E-state index contributed by atoms with van der Waals surface area (Å²) in [6, 6.07) is 5.90. The van der Waals surface area contributed by atoms with Gasteiger partial charge in [0.1, 0.15) is 6.10 Å². The first-order valence-electron chi connectivity index (χ1n) is 4.23. The Hall–Kier alpha value is -0.790. The first-order chi connectivity index (χ1) is 6.22. The van der Waals surface area contributed by atoms with Crippen LogP contribution < -0.4 is 0 Å². The largest absolute Gasteiger partial charge is 0.372 e. The summed E-state index contributed by atoms with van der Waals surface area (Å²) in [5, 5.41) is 0.777. The predicted octanol–water partition coefficient (Wildman–Crippen LogP) is 3.44. The van der Waals surface area contributed by atoms with E-state index >= 15 is 0 Å². The molecule has 0 spiro atoms. The lowest BCUT2D eigenvalue weighted by Crippen LogP contribution is -1.98. The van der Waals surface area contributed by atoms with Gasteiger partial charge in [-0.3, -0.25) is 0 Å². The van der Waals surface area contributed by atoms with E-state index in [1.165, 1.54) is 16.7 Å². The zero-order valence-corrected chi connectivity index (χ0v) is 8.43. The average molecular weight is 195 g/mol. The number of benzene rings is 1. The normalized spacial score (nSPS) is 19.9. The van der Waals surface area contributed by atoms with E-state index in [-0.39, 0.29) is 6.10 Å². The lowest BCUT2D eigenvalue weighted by molar-refractivity contribution is 0.136. The van der Waals surface area contributed by atoms with Crippen LogP contribution >= 0.6 is 11.6 Å². The van der Waals surface area contributed by atoms with E-state index in [9.17, 15) is 0 Å². The Bertz CT molecular complexity index is 368. The molecule has 0 radical (unpaired) electrons. The van der Waals surface area contributed by atoms with E-state index in [4.69, 9.17) is 16.3 Å². The quantitative estimate of drug-likeness (QED) is 0.666. The van der Waals surface area contributed by atoms with Crippen molar-refractivity contribution in [3.05, 3.63) is 39.9 Å². The van der Waals surface area contributed by atoms with Gasteiger partial charge in [-0.1, -0.05) is 23.7 Å². The van der Waals surface area contributed by atoms with Crippen LogP contribution in [0.15, 0.2) is 23.8 Å². The molecule has 0 aromatic heterocycles. The van der Waals surface area contributed by atoms with Crippen LogP contribution in [-0.2, 0) is 4.74 Å². The molecule has 0 fully saturated rings. The summed E-state index contributed by atoms with van der Waals surface area (Å²) in [4.78, 5) is 0. The van der Waals surface area contributed by atoms with E-state index in [0.717, 1.165) is 5.02 Å². The molecule has 1 atom stereocenters. The number of rotatable bonds is 1. The van der Waals surface area contributed by atoms with Crippen LogP contribution in [0.4, 0.5) is 0 Å². The number of hydrogen-bond acceptors (Lipinski definition) is 1. The molecule has 2 heteroatoms. The molecule has 0 amide bonds. The van der Waals surface area contributed by atoms with Crippen molar-refractivity contribution in [3.8, 4) is 0 Å². The minimum atomic E-state index is 0.118. The van der Waals surface area contributed by atoms with Crippen LogP contribution in [0, 0.1) is 0 Å². The molecule has 0 bridgehead atoms. The Balaban J connectivity index is 2.51. The Labute approximate surface area is 83.0 Å². The fraction of sp³-hybridized carbons (Fsp3) is 0.273. The molecule has 0 heterocycles.